The maximum Gasteiger partial charge on any atom is 0.255 e. The van der Waals surface area contributed by atoms with E-state index in [2.05, 4.69) is 36.2 Å². The van der Waals surface area contributed by atoms with Crippen molar-refractivity contribution in [1.82, 2.24) is 4.98 Å². The lowest BCUT2D eigenvalue weighted by Crippen LogP contribution is -2.48. The van der Waals surface area contributed by atoms with Crippen LogP contribution in [0.15, 0.2) is 53.5 Å². The monoisotopic (exact) mass is 408 g/mol. The Bertz CT molecular complexity index is 1090. The Balaban J connectivity index is 1.58. The van der Waals surface area contributed by atoms with Gasteiger partial charge in [-0.3, -0.25) is 4.79 Å². The fourth-order valence-corrected chi connectivity index (χ4v) is 5.02. The lowest BCUT2D eigenvalue weighted by atomic mass is 9.64. The summed E-state index contributed by atoms with van der Waals surface area (Å²) in [4.78, 5) is 14.6. The van der Waals surface area contributed by atoms with Crippen LogP contribution in [0.25, 0.3) is 10.8 Å². The number of pyridine rings is 1. The minimum absolute atomic E-state index is 0.0693. The topological polar surface area (TPSA) is 68.1 Å². The number of aryl methyl sites for hydroxylation is 1. The van der Waals surface area contributed by atoms with E-state index in [4.69, 9.17) is 10.5 Å². The second kappa shape index (κ2) is 8.23. The molecule has 1 saturated carbocycles. The van der Waals surface area contributed by atoms with Gasteiger partial charge in [-0.1, -0.05) is 37.3 Å². The third-order valence-electron chi connectivity index (χ3n) is 6.84. The van der Waals surface area contributed by atoms with E-state index in [1.807, 2.05) is 13.0 Å². The van der Waals surface area contributed by atoms with Gasteiger partial charge in [0.15, 0.2) is 11.6 Å². The molecule has 1 aliphatic carbocycles. The molecule has 4 nitrogen and oxygen atoms in total. The predicted molar refractivity (Wildman–Crippen MR) is 119 cm³/mol. The van der Waals surface area contributed by atoms with Crippen LogP contribution < -0.4 is 16.0 Å². The number of fused-ring (bicyclic) bond motifs is 1. The minimum Gasteiger partial charge on any atom is -0.487 e. The Hall–Kier alpha value is -2.66. The predicted octanol–water partition coefficient (Wildman–Crippen LogP) is 4.97. The molecule has 158 valence electrons. The fraction of sp³-hybridized carbons (Fsp3) is 0.400. The molecule has 30 heavy (non-hydrogen) atoms. The van der Waals surface area contributed by atoms with Crippen LogP contribution in [0.5, 0.6) is 5.75 Å². The van der Waals surface area contributed by atoms with Crippen LogP contribution >= 0.6 is 0 Å². The van der Waals surface area contributed by atoms with Gasteiger partial charge in [0.1, 0.15) is 0 Å². The number of ether oxygens (including phenoxy) is 1. The van der Waals surface area contributed by atoms with Crippen LogP contribution in [0.2, 0.25) is 0 Å². The average molecular weight is 409 g/mol. The summed E-state index contributed by atoms with van der Waals surface area (Å²) in [7, 11) is 0. The quantitative estimate of drug-likeness (QED) is 0.626. The van der Waals surface area contributed by atoms with Gasteiger partial charge >= 0.3 is 0 Å². The van der Waals surface area contributed by atoms with Crippen LogP contribution in [0.4, 0.5) is 4.39 Å². The number of H-pyrrole nitrogens is 1. The summed E-state index contributed by atoms with van der Waals surface area (Å²) in [6, 6.07) is 13.6. The zero-order valence-electron chi connectivity index (χ0n) is 17.6. The van der Waals surface area contributed by atoms with E-state index in [0.29, 0.717) is 10.9 Å². The molecule has 3 N–H and O–H groups in total. The highest BCUT2D eigenvalue weighted by Gasteiger charge is 2.41. The third-order valence-corrected chi connectivity index (χ3v) is 6.84. The number of aromatic nitrogens is 1. The second-order valence-electron chi connectivity index (χ2n) is 8.43. The molecule has 0 aliphatic heterocycles. The van der Waals surface area contributed by atoms with E-state index in [1.54, 1.807) is 12.3 Å². The van der Waals surface area contributed by atoms with Gasteiger partial charge in [0.25, 0.3) is 5.56 Å². The number of halogens is 1. The Labute approximate surface area is 176 Å². The van der Waals surface area contributed by atoms with Gasteiger partial charge < -0.3 is 15.5 Å². The first-order chi connectivity index (χ1) is 14.5. The van der Waals surface area contributed by atoms with Crippen molar-refractivity contribution in [1.29, 1.82) is 0 Å². The summed E-state index contributed by atoms with van der Waals surface area (Å²) in [5, 5.41) is 1.07. The van der Waals surface area contributed by atoms with Gasteiger partial charge in [-0.2, -0.15) is 0 Å². The van der Waals surface area contributed by atoms with Crippen LogP contribution in [0.3, 0.4) is 0 Å². The first kappa shape index (κ1) is 20.6. The van der Waals surface area contributed by atoms with Gasteiger partial charge in [0, 0.05) is 23.2 Å². The summed E-state index contributed by atoms with van der Waals surface area (Å²) in [5.74, 6) is -0.230. The SMILES string of the molecule is CC[C@@H](N)C1(c2ccccc2)CCC(Oc2c(F)cc3c(=O)[nH]ccc3c2C)CC1. The maximum absolute atomic E-state index is 14.8. The highest BCUT2D eigenvalue weighted by Crippen LogP contribution is 2.44. The third kappa shape index (κ3) is 3.52. The molecular weight excluding hydrogens is 379 g/mol. The lowest BCUT2D eigenvalue weighted by Gasteiger charge is -2.44. The summed E-state index contributed by atoms with van der Waals surface area (Å²) < 4.78 is 21.0. The molecule has 1 aliphatic rings. The van der Waals surface area contributed by atoms with Gasteiger partial charge in [0.05, 0.1) is 11.5 Å². The van der Waals surface area contributed by atoms with Crippen LogP contribution in [0, 0.1) is 12.7 Å². The van der Waals surface area contributed by atoms with E-state index in [9.17, 15) is 9.18 Å². The average Bonchev–Trinajstić information content (AvgIpc) is 2.78. The number of benzene rings is 2. The van der Waals surface area contributed by atoms with Gasteiger partial charge in [-0.25, -0.2) is 4.39 Å². The van der Waals surface area contributed by atoms with Crippen molar-refractivity contribution >= 4 is 10.8 Å². The molecule has 0 unspecified atom stereocenters. The molecular formula is C25H29FN2O2. The summed E-state index contributed by atoms with van der Waals surface area (Å²) in [6.07, 6.45) is 5.87. The second-order valence-corrected chi connectivity index (χ2v) is 8.43. The highest BCUT2D eigenvalue weighted by atomic mass is 19.1. The first-order valence-corrected chi connectivity index (χ1v) is 10.7. The molecule has 0 spiro atoms. The van der Waals surface area contributed by atoms with Crippen molar-refractivity contribution < 1.29 is 9.13 Å². The van der Waals surface area contributed by atoms with Crippen LogP contribution in [0.1, 0.15) is 50.2 Å². The molecule has 1 heterocycles. The van der Waals surface area contributed by atoms with Gasteiger partial charge in [-0.05, 0) is 62.1 Å². The van der Waals surface area contributed by atoms with Crippen LogP contribution in [-0.2, 0) is 5.41 Å². The maximum atomic E-state index is 14.8. The Morgan fingerprint density at radius 3 is 2.57 bits per heavy atom. The van der Waals surface area contributed by atoms with E-state index in [1.165, 1.54) is 11.6 Å². The molecule has 5 heteroatoms. The molecule has 0 radical (unpaired) electrons. The van der Waals surface area contributed by atoms with Crippen molar-refractivity contribution in [3.8, 4) is 5.75 Å². The normalized spacial score (nSPS) is 22.7. The molecule has 2 aromatic carbocycles. The van der Waals surface area contributed by atoms with E-state index in [0.717, 1.165) is 37.5 Å². The molecule has 0 amide bonds. The van der Waals surface area contributed by atoms with Crippen molar-refractivity contribution in [2.24, 2.45) is 5.73 Å². The number of nitrogens with two attached hydrogens (primary N) is 1. The number of hydrogen-bond donors (Lipinski definition) is 2. The van der Waals surface area contributed by atoms with E-state index < -0.39 is 5.82 Å². The standard InChI is InChI=1S/C25H29FN2O2/c1-3-22(27)25(17-7-5-4-6-8-17)12-9-18(10-13-25)30-23-16(2)19-11-14-28-24(29)20(19)15-21(23)26/h4-8,11,14-15,18,22H,3,9-10,12-13,27H2,1-2H3,(H,28,29)/t18?,22-,25?/m1/s1. The molecule has 3 aromatic rings. The zero-order valence-corrected chi connectivity index (χ0v) is 17.6. The molecule has 1 aromatic heterocycles. The lowest BCUT2D eigenvalue weighted by molar-refractivity contribution is 0.0994. The Kier molecular flexibility index (Phi) is 5.65. The van der Waals surface area contributed by atoms with Gasteiger partial charge in [-0.15, -0.1) is 0 Å². The number of rotatable bonds is 5. The van der Waals surface area contributed by atoms with Gasteiger partial charge in [0.2, 0.25) is 0 Å². The summed E-state index contributed by atoms with van der Waals surface area (Å²) in [6.45, 7) is 3.94. The number of aromatic amines is 1. The molecule has 1 atom stereocenters. The molecule has 0 saturated heterocycles. The van der Waals surface area contributed by atoms with Crippen LogP contribution in [-0.4, -0.2) is 17.1 Å². The molecule has 1 fully saturated rings. The van der Waals surface area contributed by atoms with E-state index >= 15 is 0 Å². The zero-order chi connectivity index (χ0) is 21.3. The van der Waals surface area contributed by atoms with Crippen molar-refractivity contribution in [2.75, 3.05) is 0 Å². The fourth-order valence-electron chi connectivity index (χ4n) is 5.02. The smallest absolute Gasteiger partial charge is 0.255 e. The Morgan fingerprint density at radius 1 is 1.20 bits per heavy atom. The summed E-state index contributed by atoms with van der Waals surface area (Å²) in [5.41, 5.74) is 8.19. The minimum atomic E-state index is -0.484. The Morgan fingerprint density at radius 2 is 1.90 bits per heavy atom. The highest BCUT2D eigenvalue weighted by molar-refractivity contribution is 5.86. The van der Waals surface area contributed by atoms with Crippen molar-refractivity contribution in [3.63, 3.8) is 0 Å². The molecule has 4 rings (SSSR count). The van der Waals surface area contributed by atoms with Crippen molar-refractivity contribution in [2.45, 2.75) is 63.5 Å². The largest absolute Gasteiger partial charge is 0.487 e. The molecule has 0 bridgehead atoms. The summed E-state index contributed by atoms with van der Waals surface area (Å²) >= 11 is 0. The number of hydrogen-bond acceptors (Lipinski definition) is 3. The van der Waals surface area contributed by atoms with Crippen molar-refractivity contribution in [3.05, 3.63) is 76.0 Å². The first-order valence-electron chi connectivity index (χ1n) is 10.7. The number of nitrogens with one attached hydrogen (secondary N) is 1. The van der Waals surface area contributed by atoms with E-state index in [-0.39, 0.29) is 28.9 Å².